The molecule has 0 aromatic heterocycles. The predicted molar refractivity (Wildman–Crippen MR) is 46.3 cm³/mol. The SMILES string of the molecule is CCCC[C@@H](NC(C)=O)C(N)=O. The molecule has 12 heavy (non-hydrogen) atoms. The summed E-state index contributed by atoms with van der Waals surface area (Å²) in [6, 6.07) is -0.498. The van der Waals surface area contributed by atoms with Gasteiger partial charge in [-0.3, -0.25) is 9.59 Å². The van der Waals surface area contributed by atoms with Gasteiger partial charge in [0.2, 0.25) is 11.8 Å². The van der Waals surface area contributed by atoms with Crippen LogP contribution in [0.2, 0.25) is 0 Å². The van der Waals surface area contributed by atoms with Gasteiger partial charge in [-0.25, -0.2) is 0 Å². The lowest BCUT2D eigenvalue weighted by Gasteiger charge is -2.12. The molecule has 0 radical (unpaired) electrons. The summed E-state index contributed by atoms with van der Waals surface area (Å²) in [5, 5.41) is 2.50. The molecule has 0 unspecified atom stereocenters. The highest BCUT2D eigenvalue weighted by atomic mass is 16.2. The molecule has 0 rings (SSSR count). The number of hydrogen-bond donors (Lipinski definition) is 2. The van der Waals surface area contributed by atoms with Crippen LogP contribution in [0.15, 0.2) is 0 Å². The molecule has 0 aromatic carbocycles. The van der Waals surface area contributed by atoms with E-state index in [2.05, 4.69) is 5.32 Å². The van der Waals surface area contributed by atoms with Crippen LogP contribution in [0.25, 0.3) is 0 Å². The van der Waals surface area contributed by atoms with Gasteiger partial charge in [-0.05, 0) is 6.42 Å². The normalized spacial score (nSPS) is 12.2. The first-order valence-electron chi connectivity index (χ1n) is 4.14. The van der Waals surface area contributed by atoms with Gasteiger partial charge in [0.25, 0.3) is 0 Å². The van der Waals surface area contributed by atoms with Gasteiger partial charge in [0.1, 0.15) is 6.04 Å². The lowest BCUT2D eigenvalue weighted by atomic mass is 10.1. The first-order valence-corrected chi connectivity index (χ1v) is 4.14. The third-order valence-electron chi connectivity index (χ3n) is 1.57. The first-order chi connectivity index (χ1) is 5.57. The van der Waals surface area contributed by atoms with E-state index in [1.165, 1.54) is 6.92 Å². The molecule has 2 amide bonds. The standard InChI is InChI=1S/C8H16N2O2/c1-3-4-5-7(8(9)12)10-6(2)11/h7H,3-5H2,1-2H3,(H2,9,12)(H,10,11)/t7-/m1/s1. The number of amides is 2. The number of nitrogens with one attached hydrogen (secondary N) is 1. The van der Waals surface area contributed by atoms with Crippen LogP contribution in [0, 0.1) is 0 Å². The molecule has 0 spiro atoms. The molecule has 0 aliphatic carbocycles. The van der Waals surface area contributed by atoms with E-state index < -0.39 is 11.9 Å². The Morgan fingerprint density at radius 2 is 2.08 bits per heavy atom. The van der Waals surface area contributed by atoms with E-state index in [1.807, 2.05) is 6.92 Å². The summed E-state index contributed by atoms with van der Waals surface area (Å²) in [7, 11) is 0. The zero-order valence-corrected chi connectivity index (χ0v) is 7.59. The lowest BCUT2D eigenvalue weighted by Crippen LogP contribution is -2.43. The zero-order chi connectivity index (χ0) is 9.56. The minimum Gasteiger partial charge on any atom is -0.368 e. The van der Waals surface area contributed by atoms with Crippen molar-refractivity contribution in [2.24, 2.45) is 5.73 Å². The second-order valence-electron chi connectivity index (χ2n) is 2.80. The highest BCUT2D eigenvalue weighted by Gasteiger charge is 2.14. The van der Waals surface area contributed by atoms with E-state index >= 15 is 0 Å². The molecule has 0 aliphatic rings. The van der Waals surface area contributed by atoms with Crippen LogP contribution in [-0.4, -0.2) is 17.9 Å². The molecule has 4 nitrogen and oxygen atoms in total. The van der Waals surface area contributed by atoms with E-state index in [4.69, 9.17) is 5.73 Å². The smallest absolute Gasteiger partial charge is 0.239 e. The molecular weight excluding hydrogens is 156 g/mol. The Morgan fingerprint density at radius 1 is 1.50 bits per heavy atom. The third kappa shape index (κ3) is 4.71. The van der Waals surface area contributed by atoms with Crippen molar-refractivity contribution in [2.75, 3.05) is 0 Å². The second kappa shape index (κ2) is 5.57. The summed E-state index contributed by atoms with van der Waals surface area (Å²) in [5.41, 5.74) is 5.07. The fourth-order valence-electron chi connectivity index (χ4n) is 0.939. The molecule has 0 heterocycles. The Labute approximate surface area is 72.5 Å². The number of hydrogen-bond acceptors (Lipinski definition) is 2. The topological polar surface area (TPSA) is 72.2 Å². The minimum absolute atomic E-state index is 0.213. The molecule has 0 fully saturated rings. The van der Waals surface area contributed by atoms with Crippen molar-refractivity contribution < 1.29 is 9.59 Å². The number of nitrogens with two attached hydrogens (primary N) is 1. The van der Waals surface area contributed by atoms with E-state index in [1.54, 1.807) is 0 Å². The van der Waals surface area contributed by atoms with Gasteiger partial charge in [-0.15, -0.1) is 0 Å². The number of carbonyl (C=O) groups excluding carboxylic acids is 2. The second-order valence-corrected chi connectivity index (χ2v) is 2.80. The molecule has 4 heteroatoms. The van der Waals surface area contributed by atoms with E-state index in [-0.39, 0.29) is 5.91 Å². The van der Waals surface area contributed by atoms with E-state index in [0.717, 1.165) is 12.8 Å². The van der Waals surface area contributed by atoms with Crippen LogP contribution in [0.5, 0.6) is 0 Å². The van der Waals surface area contributed by atoms with E-state index in [9.17, 15) is 9.59 Å². The van der Waals surface area contributed by atoms with Crippen molar-refractivity contribution in [2.45, 2.75) is 39.2 Å². The summed E-state index contributed by atoms with van der Waals surface area (Å²) in [6.07, 6.45) is 2.52. The fraction of sp³-hybridized carbons (Fsp3) is 0.750. The first kappa shape index (κ1) is 10.9. The summed E-state index contributed by atoms with van der Waals surface area (Å²) in [6.45, 7) is 3.40. The lowest BCUT2D eigenvalue weighted by molar-refractivity contribution is -0.126. The fourth-order valence-corrected chi connectivity index (χ4v) is 0.939. The maximum absolute atomic E-state index is 10.7. The Morgan fingerprint density at radius 3 is 2.42 bits per heavy atom. The van der Waals surface area contributed by atoms with Crippen LogP contribution in [-0.2, 0) is 9.59 Å². The van der Waals surface area contributed by atoms with Crippen molar-refractivity contribution in [1.82, 2.24) is 5.32 Å². The summed E-state index contributed by atoms with van der Waals surface area (Å²) in [5.74, 6) is -0.673. The molecule has 0 bridgehead atoms. The van der Waals surface area contributed by atoms with Gasteiger partial charge in [0, 0.05) is 6.92 Å². The van der Waals surface area contributed by atoms with Gasteiger partial charge in [0.05, 0.1) is 0 Å². The van der Waals surface area contributed by atoms with E-state index in [0.29, 0.717) is 6.42 Å². The molecular formula is C8H16N2O2. The van der Waals surface area contributed by atoms with Gasteiger partial charge in [-0.2, -0.15) is 0 Å². The number of rotatable bonds is 5. The van der Waals surface area contributed by atoms with Crippen molar-refractivity contribution >= 4 is 11.8 Å². The molecule has 1 atom stereocenters. The third-order valence-corrected chi connectivity index (χ3v) is 1.57. The van der Waals surface area contributed by atoms with Gasteiger partial charge in [-0.1, -0.05) is 19.8 Å². The van der Waals surface area contributed by atoms with Crippen molar-refractivity contribution in [3.8, 4) is 0 Å². The molecule has 3 N–H and O–H groups in total. The van der Waals surface area contributed by atoms with Gasteiger partial charge < -0.3 is 11.1 Å². The van der Waals surface area contributed by atoms with Gasteiger partial charge in [0.15, 0.2) is 0 Å². The monoisotopic (exact) mass is 172 g/mol. The Hall–Kier alpha value is -1.06. The Bertz CT molecular complexity index is 168. The molecule has 0 aliphatic heterocycles. The largest absolute Gasteiger partial charge is 0.368 e. The van der Waals surface area contributed by atoms with Crippen LogP contribution in [0.1, 0.15) is 33.1 Å². The number of unbranched alkanes of at least 4 members (excludes halogenated alkanes) is 1. The summed E-state index contributed by atoms with van der Waals surface area (Å²) in [4.78, 5) is 21.4. The van der Waals surface area contributed by atoms with Crippen LogP contribution in [0.3, 0.4) is 0 Å². The van der Waals surface area contributed by atoms with Crippen molar-refractivity contribution in [3.63, 3.8) is 0 Å². The maximum Gasteiger partial charge on any atom is 0.239 e. The number of carbonyl (C=O) groups is 2. The summed E-state index contributed by atoms with van der Waals surface area (Å²) < 4.78 is 0. The maximum atomic E-state index is 10.7. The van der Waals surface area contributed by atoms with Crippen LogP contribution >= 0.6 is 0 Å². The Balaban J connectivity index is 3.87. The van der Waals surface area contributed by atoms with Crippen LogP contribution in [0.4, 0.5) is 0 Å². The average Bonchev–Trinajstić information content (AvgIpc) is 1.96. The molecule has 0 saturated heterocycles. The number of primary amides is 1. The van der Waals surface area contributed by atoms with Crippen LogP contribution < -0.4 is 11.1 Å². The predicted octanol–water partition coefficient (Wildman–Crippen LogP) is 0.167. The molecule has 0 aromatic rings. The van der Waals surface area contributed by atoms with Gasteiger partial charge >= 0.3 is 0 Å². The molecule has 70 valence electrons. The van der Waals surface area contributed by atoms with Crippen molar-refractivity contribution in [3.05, 3.63) is 0 Å². The quantitative estimate of drug-likeness (QED) is 0.620. The minimum atomic E-state index is -0.498. The Kier molecular flexibility index (Phi) is 5.08. The summed E-state index contributed by atoms with van der Waals surface area (Å²) >= 11 is 0. The van der Waals surface area contributed by atoms with Crippen molar-refractivity contribution in [1.29, 1.82) is 0 Å². The zero-order valence-electron chi connectivity index (χ0n) is 7.59. The molecule has 0 saturated carbocycles. The average molecular weight is 172 g/mol. The highest BCUT2D eigenvalue weighted by molar-refractivity contribution is 5.85. The highest BCUT2D eigenvalue weighted by Crippen LogP contribution is 1.99.